The van der Waals surface area contributed by atoms with E-state index in [-0.39, 0.29) is 29.6 Å². The van der Waals surface area contributed by atoms with Crippen LogP contribution in [0.25, 0.3) is 0 Å². The van der Waals surface area contributed by atoms with Crippen molar-refractivity contribution < 1.29 is 23.5 Å². The maximum atomic E-state index is 12.6. The Morgan fingerprint density at radius 1 is 1.19 bits per heavy atom. The summed E-state index contributed by atoms with van der Waals surface area (Å²) in [6.45, 7) is 8.36. The Labute approximate surface area is 159 Å². The predicted molar refractivity (Wildman–Crippen MR) is 99.0 cm³/mol. The van der Waals surface area contributed by atoms with Gasteiger partial charge in [0.15, 0.2) is 11.5 Å². The molecule has 0 bridgehead atoms. The van der Waals surface area contributed by atoms with Gasteiger partial charge in [-0.3, -0.25) is 9.59 Å². The highest BCUT2D eigenvalue weighted by molar-refractivity contribution is 6.03. The van der Waals surface area contributed by atoms with Crippen molar-refractivity contribution in [2.45, 2.75) is 71.4 Å². The quantitative estimate of drug-likeness (QED) is 0.856. The number of hydrogen-bond donors (Lipinski definition) is 1. The lowest BCUT2D eigenvalue weighted by Gasteiger charge is -2.33. The molecule has 0 radical (unpaired) electrons. The zero-order valence-corrected chi connectivity index (χ0v) is 16.5. The average molecular weight is 376 g/mol. The third-order valence-electron chi connectivity index (χ3n) is 4.99. The van der Waals surface area contributed by atoms with Crippen molar-refractivity contribution in [2.75, 3.05) is 13.1 Å². The van der Waals surface area contributed by atoms with E-state index in [0.717, 1.165) is 6.42 Å². The average Bonchev–Trinajstić information content (AvgIpc) is 2.92. The maximum absolute atomic E-state index is 12.6. The summed E-state index contributed by atoms with van der Waals surface area (Å²) in [6, 6.07) is -0.0339. The summed E-state index contributed by atoms with van der Waals surface area (Å²) in [5.74, 6) is 0.645. The summed E-state index contributed by atoms with van der Waals surface area (Å²) >= 11 is 0. The highest BCUT2D eigenvalue weighted by Gasteiger charge is 2.31. The van der Waals surface area contributed by atoms with Crippen LogP contribution in [-0.2, 0) is 11.2 Å². The summed E-state index contributed by atoms with van der Waals surface area (Å²) < 4.78 is 11.1. The molecule has 2 amide bonds. The molecule has 2 aliphatic rings. The van der Waals surface area contributed by atoms with Crippen molar-refractivity contribution in [3.63, 3.8) is 0 Å². The number of Topliss-reactive ketones (excluding diaryl/α,β-unsaturated/α-hetero) is 1. The largest absolute Gasteiger partial charge is 0.455 e. The van der Waals surface area contributed by atoms with Gasteiger partial charge in [0.2, 0.25) is 0 Å². The number of ketones is 1. The summed E-state index contributed by atoms with van der Waals surface area (Å²) in [4.78, 5) is 38.5. The molecule has 7 heteroatoms. The van der Waals surface area contributed by atoms with E-state index in [0.29, 0.717) is 55.7 Å². The molecule has 1 aliphatic carbocycles. The van der Waals surface area contributed by atoms with E-state index in [1.165, 1.54) is 0 Å². The van der Waals surface area contributed by atoms with Gasteiger partial charge in [0, 0.05) is 37.5 Å². The molecule has 2 heterocycles. The molecule has 0 aromatic carbocycles. The van der Waals surface area contributed by atoms with Gasteiger partial charge in [-0.05, 0) is 47.0 Å². The van der Waals surface area contributed by atoms with Gasteiger partial charge in [-0.2, -0.15) is 0 Å². The molecule has 3 rings (SSSR count). The van der Waals surface area contributed by atoms with Crippen molar-refractivity contribution in [3.8, 4) is 0 Å². The van der Waals surface area contributed by atoms with Gasteiger partial charge in [0.25, 0.3) is 5.91 Å². The van der Waals surface area contributed by atoms with E-state index in [1.807, 2.05) is 20.8 Å². The number of nitrogens with zero attached hydrogens (tertiary/aromatic N) is 1. The summed E-state index contributed by atoms with van der Waals surface area (Å²) in [6.07, 6.45) is 2.97. The first kappa shape index (κ1) is 19.5. The number of likely N-dealkylation sites (tertiary alicyclic amines) is 1. The Kier molecular flexibility index (Phi) is 5.31. The highest BCUT2D eigenvalue weighted by Crippen LogP contribution is 2.29. The number of furan rings is 1. The Morgan fingerprint density at radius 3 is 2.44 bits per heavy atom. The topological polar surface area (TPSA) is 88.8 Å². The van der Waals surface area contributed by atoms with Gasteiger partial charge < -0.3 is 19.4 Å². The monoisotopic (exact) mass is 376 g/mol. The number of nitrogens with one attached hydrogen (secondary N) is 1. The molecule has 0 saturated carbocycles. The number of amides is 2. The van der Waals surface area contributed by atoms with Crippen molar-refractivity contribution in [1.82, 2.24) is 10.2 Å². The number of carbonyl (C=O) groups is 3. The number of rotatable bonds is 2. The van der Waals surface area contributed by atoms with Crippen molar-refractivity contribution in [2.24, 2.45) is 0 Å². The third kappa shape index (κ3) is 4.34. The number of aryl methyl sites for hydroxylation is 1. The van der Waals surface area contributed by atoms with E-state index in [2.05, 4.69) is 5.32 Å². The fraction of sp³-hybridized carbons (Fsp3) is 0.650. The molecule has 27 heavy (non-hydrogen) atoms. The van der Waals surface area contributed by atoms with Crippen LogP contribution in [0.1, 0.15) is 78.7 Å². The van der Waals surface area contributed by atoms with Gasteiger partial charge in [0.05, 0.1) is 5.56 Å². The molecule has 0 unspecified atom stereocenters. The van der Waals surface area contributed by atoms with Crippen LogP contribution >= 0.6 is 0 Å². The SMILES string of the molecule is Cc1c(C(=O)NC2CCN(C(=O)OC(C)(C)C)CC2)oc2c1C(=O)CCC2. The molecule has 0 spiro atoms. The predicted octanol–water partition coefficient (Wildman–Crippen LogP) is 3.24. The van der Waals surface area contributed by atoms with Gasteiger partial charge in [-0.15, -0.1) is 0 Å². The Hall–Kier alpha value is -2.31. The third-order valence-corrected chi connectivity index (χ3v) is 4.99. The molecule has 1 aromatic rings. The normalized spacial score (nSPS) is 18.2. The zero-order valence-electron chi connectivity index (χ0n) is 16.5. The minimum absolute atomic E-state index is 0.0339. The first-order chi connectivity index (χ1) is 12.7. The van der Waals surface area contributed by atoms with Crippen LogP contribution in [0, 0.1) is 6.92 Å². The lowest BCUT2D eigenvalue weighted by Crippen LogP contribution is -2.47. The van der Waals surface area contributed by atoms with E-state index >= 15 is 0 Å². The molecule has 0 atom stereocenters. The van der Waals surface area contributed by atoms with Gasteiger partial charge in [-0.25, -0.2) is 4.79 Å². The van der Waals surface area contributed by atoms with Crippen LogP contribution < -0.4 is 5.32 Å². The Morgan fingerprint density at radius 2 is 1.85 bits per heavy atom. The number of carbonyl (C=O) groups excluding carboxylic acids is 3. The molecule has 7 nitrogen and oxygen atoms in total. The summed E-state index contributed by atoms with van der Waals surface area (Å²) in [5, 5.41) is 2.98. The molecular weight excluding hydrogens is 348 g/mol. The summed E-state index contributed by atoms with van der Waals surface area (Å²) in [5.41, 5.74) is 0.708. The van der Waals surface area contributed by atoms with Gasteiger partial charge in [-0.1, -0.05) is 0 Å². The molecule has 1 fully saturated rings. The second-order valence-electron chi connectivity index (χ2n) is 8.35. The highest BCUT2D eigenvalue weighted by atomic mass is 16.6. The minimum atomic E-state index is -0.518. The number of hydrogen-bond acceptors (Lipinski definition) is 5. The molecule has 1 N–H and O–H groups in total. The Bertz CT molecular complexity index is 751. The standard InChI is InChI=1S/C20H28N2O5/c1-12-16-14(23)6-5-7-15(16)26-17(12)18(24)21-13-8-10-22(11-9-13)19(25)27-20(2,3)4/h13H,5-11H2,1-4H3,(H,21,24). The van der Waals surface area contributed by atoms with Crippen molar-refractivity contribution in [1.29, 1.82) is 0 Å². The maximum Gasteiger partial charge on any atom is 0.410 e. The van der Waals surface area contributed by atoms with Crippen LogP contribution in [0.5, 0.6) is 0 Å². The number of piperidine rings is 1. The Balaban J connectivity index is 1.58. The first-order valence-corrected chi connectivity index (χ1v) is 9.60. The van der Waals surface area contributed by atoms with Crippen LogP contribution in [0.2, 0.25) is 0 Å². The second kappa shape index (κ2) is 7.37. The molecule has 148 valence electrons. The van der Waals surface area contributed by atoms with Crippen molar-refractivity contribution in [3.05, 3.63) is 22.6 Å². The fourth-order valence-electron chi connectivity index (χ4n) is 3.65. The minimum Gasteiger partial charge on any atom is -0.455 e. The van der Waals surface area contributed by atoms with E-state index < -0.39 is 5.60 Å². The van der Waals surface area contributed by atoms with Gasteiger partial charge >= 0.3 is 6.09 Å². The lowest BCUT2D eigenvalue weighted by atomic mass is 9.94. The van der Waals surface area contributed by atoms with E-state index in [4.69, 9.17) is 9.15 Å². The van der Waals surface area contributed by atoms with Crippen molar-refractivity contribution >= 4 is 17.8 Å². The number of ether oxygens (including phenoxy) is 1. The smallest absolute Gasteiger partial charge is 0.410 e. The lowest BCUT2D eigenvalue weighted by molar-refractivity contribution is 0.0199. The second-order valence-corrected chi connectivity index (χ2v) is 8.35. The van der Waals surface area contributed by atoms with E-state index in [9.17, 15) is 14.4 Å². The summed E-state index contributed by atoms with van der Waals surface area (Å²) in [7, 11) is 0. The molecule has 1 aliphatic heterocycles. The van der Waals surface area contributed by atoms with Crippen LogP contribution in [0.3, 0.4) is 0 Å². The van der Waals surface area contributed by atoms with Crippen LogP contribution in [0.4, 0.5) is 4.79 Å². The van der Waals surface area contributed by atoms with Crippen LogP contribution in [-0.4, -0.2) is 47.4 Å². The van der Waals surface area contributed by atoms with Crippen LogP contribution in [0.15, 0.2) is 4.42 Å². The first-order valence-electron chi connectivity index (χ1n) is 9.60. The fourth-order valence-corrected chi connectivity index (χ4v) is 3.65. The zero-order chi connectivity index (χ0) is 19.8. The molecular formula is C20H28N2O5. The molecule has 1 aromatic heterocycles. The van der Waals surface area contributed by atoms with E-state index in [1.54, 1.807) is 11.8 Å². The van der Waals surface area contributed by atoms with Gasteiger partial charge in [0.1, 0.15) is 11.4 Å². The molecule has 1 saturated heterocycles. The number of fused-ring (bicyclic) bond motifs is 1.